The molecule has 2 N–H and O–H groups in total. The molecule has 1 atom stereocenters. The summed E-state index contributed by atoms with van der Waals surface area (Å²) in [6.07, 6.45) is 1.63. The van der Waals surface area contributed by atoms with Crippen LogP contribution in [-0.2, 0) is 12.6 Å². The summed E-state index contributed by atoms with van der Waals surface area (Å²) in [5.41, 5.74) is -2.92. The first-order chi connectivity index (χ1) is 10.2. The summed E-state index contributed by atoms with van der Waals surface area (Å²) in [5, 5.41) is 13.4. The quantitative estimate of drug-likeness (QED) is 0.877. The number of halogens is 3. The summed E-state index contributed by atoms with van der Waals surface area (Å²) in [6.45, 7) is 2.31. The zero-order valence-electron chi connectivity index (χ0n) is 13.0. The molecular formula is C15H24F3N3O. The fraction of sp³-hybridized carbons (Fsp3) is 0.800. The van der Waals surface area contributed by atoms with Crippen LogP contribution in [0.3, 0.4) is 0 Å². The Labute approximate surface area is 128 Å². The van der Waals surface area contributed by atoms with Crippen LogP contribution in [0.15, 0.2) is 12.4 Å². The Hall–Kier alpha value is -1.08. The van der Waals surface area contributed by atoms with Crippen molar-refractivity contribution in [2.24, 2.45) is 13.0 Å². The van der Waals surface area contributed by atoms with Gasteiger partial charge in [0.05, 0.1) is 0 Å². The van der Waals surface area contributed by atoms with E-state index in [1.807, 2.05) is 0 Å². The van der Waals surface area contributed by atoms with E-state index in [9.17, 15) is 18.3 Å². The second-order valence-electron chi connectivity index (χ2n) is 6.38. The number of hydrogen-bond acceptors (Lipinski definition) is 3. The highest BCUT2D eigenvalue weighted by molar-refractivity contribution is 5.08. The largest absolute Gasteiger partial charge is 0.424 e. The van der Waals surface area contributed by atoms with Gasteiger partial charge in [-0.2, -0.15) is 13.2 Å². The van der Waals surface area contributed by atoms with Crippen LogP contribution in [0.5, 0.6) is 0 Å². The Morgan fingerprint density at radius 1 is 1.32 bits per heavy atom. The summed E-state index contributed by atoms with van der Waals surface area (Å²) < 4.78 is 41.2. The number of aryl methyl sites for hydroxylation is 1. The van der Waals surface area contributed by atoms with Crippen LogP contribution < -0.4 is 5.32 Å². The van der Waals surface area contributed by atoms with E-state index in [-0.39, 0.29) is 18.4 Å². The Bertz CT molecular complexity index is 481. The molecule has 7 heteroatoms. The van der Waals surface area contributed by atoms with Gasteiger partial charge in [0.2, 0.25) is 5.60 Å². The van der Waals surface area contributed by atoms with Gasteiger partial charge in [0, 0.05) is 31.9 Å². The predicted molar refractivity (Wildman–Crippen MR) is 77.2 cm³/mol. The third kappa shape index (κ3) is 3.63. The number of imidazole rings is 1. The maximum atomic E-state index is 13.3. The molecule has 0 aliphatic heterocycles. The minimum atomic E-state index is -4.76. The average Bonchev–Trinajstić information content (AvgIpc) is 2.86. The van der Waals surface area contributed by atoms with Gasteiger partial charge in [-0.25, -0.2) is 4.98 Å². The van der Waals surface area contributed by atoms with Crippen molar-refractivity contribution in [3.05, 3.63) is 18.2 Å². The Morgan fingerprint density at radius 3 is 2.45 bits per heavy atom. The van der Waals surface area contributed by atoms with Crippen LogP contribution >= 0.6 is 0 Å². The second kappa shape index (κ2) is 6.58. The molecule has 0 aromatic carbocycles. The van der Waals surface area contributed by atoms with Crippen LogP contribution in [0.4, 0.5) is 13.2 Å². The molecule has 4 nitrogen and oxygen atoms in total. The van der Waals surface area contributed by atoms with Gasteiger partial charge < -0.3 is 15.0 Å². The minimum Gasteiger partial charge on any atom is -0.374 e. The fourth-order valence-corrected chi connectivity index (χ4v) is 3.07. The Morgan fingerprint density at radius 2 is 1.95 bits per heavy atom. The highest BCUT2D eigenvalue weighted by Gasteiger charge is 2.57. The van der Waals surface area contributed by atoms with E-state index in [0.717, 1.165) is 25.7 Å². The number of hydrogen-bond donors (Lipinski definition) is 2. The highest BCUT2D eigenvalue weighted by Crippen LogP contribution is 2.40. The molecule has 0 spiro atoms. The van der Waals surface area contributed by atoms with E-state index in [1.54, 1.807) is 0 Å². The monoisotopic (exact) mass is 319 g/mol. The lowest BCUT2D eigenvalue weighted by Crippen LogP contribution is -2.47. The zero-order valence-corrected chi connectivity index (χ0v) is 13.0. The third-order valence-corrected chi connectivity index (χ3v) is 4.60. The summed E-state index contributed by atoms with van der Waals surface area (Å²) in [7, 11) is 1.45. The molecule has 0 bridgehead atoms. The molecular weight excluding hydrogens is 295 g/mol. The molecule has 0 amide bonds. The normalized spacial score (nSPS) is 25.9. The maximum Gasteiger partial charge on any atom is 0.424 e. The molecule has 22 heavy (non-hydrogen) atoms. The molecule has 1 aromatic heterocycles. The summed E-state index contributed by atoms with van der Waals surface area (Å²) in [5.74, 6) is 0.330. The molecule has 0 radical (unpaired) electrons. The van der Waals surface area contributed by atoms with Gasteiger partial charge in [-0.1, -0.05) is 6.92 Å². The number of aromatic nitrogens is 2. The molecule has 1 aliphatic carbocycles. The van der Waals surface area contributed by atoms with E-state index in [4.69, 9.17) is 0 Å². The SMILES string of the molecule is CC1CCC(NCCC(O)(c2nccn2C)C(F)(F)F)CC1. The van der Waals surface area contributed by atoms with Gasteiger partial charge in [0.1, 0.15) is 5.82 Å². The van der Waals surface area contributed by atoms with Crippen molar-refractivity contribution in [3.63, 3.8) is 0 Å². The summed E-state index contributed by atoms with van der Waals surface area (Å²) in [4.78, 5) is 3.69. The van der Waals surface area contributed by atoms with Crippen molar-refractivity contribution in [1.29, 1.82) is 0 Å². The molecule has 1 unspecified atom stereocenters. The first-order valence-corrected chi connectivity index (χ1v) is 7.74. The first-order valence-electron chi connectivity index (χ1n) is 7.74. The average molecular weight is 319 g/mol. The smallest absolute Gasteiger partial charge is 0.374 e. The lowest BCUT2D eigenvalue weighted by molar-refractivity contribution is -0.272. The topological polar surface area (TPSA) is 50.1 Å². The molecule has 2 rings (SSSR count). The Balaban J connectivity index is 1.98. The lowest BCUT2D eigenvalue weighted by Gasteiger charge is -2.32. The van der Waals surface area contributed by atoms with E-state index in [0.29, 0.717) is 5.92 Å². The van der Waals surface area contributed by atoms with Gasteiger partial charge in [-0.3, -0.25) is 0 Å². The first kappa shape index (κ1) is 17.3. The molecule has 1 aliphatic rings. The van der Waals surface area contributed by atoms with E-state index < -0.39 is 18.2 Å². The fourth-order valence-electron chi connectivity index (χ4n) is 3.07. The Kier molecular flexibility index (Phi) is 5.17. The third-order valence-electron chi connectivity index (χ3n) is 4.60. The van der Waals surface area contributed by atoms with Gasteiger partial charge in [0.15, 0.2) is 0 Å². The summed E-state index contributed by atoms with van der Waals surface area (Å²) in [6, 6.07) is 0.245. The van der Waals surface area contributed by atoms with Crippen LogP contribution in [0.2, 0.25) is 0 Å². The zero-order chi connectivity index (χ0) is 16.4. The van der Waals surface area contributed by atoms with Gasteiger partial charge in [0.25, 0.3) is 0 Å². The van der Waals surface area contributed by atoms with Crippen molar-refractivity contribution in [2.75, 3.05) is 6.54 Å². The standard InChI is InChI=1S/C15H24F3N3O/c1-11-3-5-12(6-4-11)19-8-7-14(22,15(16,17)18)13-20-9-10-21(13)2/h9-12,19,22H,3-8H2,1-2H3. The van der Waals surface area contributed by atoms with Crippen LogP contribution in [0.25, 0.3) is 0 Å². The number of rotatable bonds is 5. The molecule has 1 fully saturated rings. The minimum absolute atomic E-state index is 0.113. The van der Waals surface area contributed by atoms with Crippen molar-refractivity contribution in [3.8, 4) is 0 Å². The molecule has 1 saturated carbocycles. The van der Waals surface area contributed by atoms with Crippen molar-refractivity contribution >= 4 is 0 Å². The van der Waals surface area contributed by atoms with Gasteiger partial charge >= 0.3 is 6.18 Å². The number of alkyl halides is 3. The highest BCUT2D eigenvalue weighted by atomic mass is 19.4. The number of nitrogens with one attached hydrogen (secondary N) is 1. The molecule has 1 aromatic rings. The molecule has 1 heterocycles. The van der Waals surface area contributed by atoms with Crippen molar-refractivity contribution in [2.45, 2.75) is 56.8 Å². The van der Waals surface area contributed by atoms with Gasteiger partial charge in [-0.15, -0.1) is 0 Å². The molecule has 0 saturated heterocycles. The molecule has 126 valence electrons. The lowest BCUT2D eigenvalue weighted by atomic mass is 9.87. The van der Waals surface area contributed by atoms with Crippen LogP contribution in [0.1, 0.15) is 44.9 Å². The second-order valence-corrected chi connectivity index (χ2v) is 6.38. The van der Waals surface area contributed by atoms with E-state index in [2.05, 4.69) is 17.2 Å². The van der Waals surface area contributed by atoms with Crippen molar-refractivity contribution in [1.82, 2.24) is 14.9 Å². The predicted octanol–water partition coefficient (Wildman–Crippen LogP) is 2.73. The van der Waals surface area contributed by atoms with Crippen LogP contribution in [-0.4, -0.2) is 33.4 Å². The number of nitrogens with zero attached hydrogens (tertiary/aromatic N) is 2. The summed E-state index contributed by atoms with van der Waals surface area (Å²) >= 11 is 0. The number of aliphatic hydroxyl groups is 1. The van der Waals surface area contributed by atoms with E-state index in [1.165, 1.54) is 24.0 Å². The van der Waals surface area contributed by atoms with E-state index >= 15 is 0 Å². The van der Waals surface area contributed by atoms with Crippen LogP contribution in [0, 0.1) is 5.92 Å². The van der Waals surface area contributed by atoms with Crippen molar-refractivity contribution < 1.29 is 18.3 Å². The maximum absolute atomic E-state index is 13.3. The van der Waals surface area contributed by atoms with Gasteiger partial charge in [-0.05, 0) is 38.1 Å².